The van der Waals surface area contributed by atoms with Gasteiger partial charge in [0, 0.05) is 18.9 Å². The maximum atomic E-state index is 13.3. The van der Waals surface area contributed by atoms with Crippen molar-refractivity contribution in [2.45, 2.75) is 20.3 Å². The van der Waals surface area contributed by atoms with E-state index in [0.29, 0.717) is 16.6 Å². The van der Waals surface area contributed by atoms with Crippen LogP contribution in [0.15, 0.2) is 22.7 Å². The number of hydrogen-bond donors (Lipinski definition) is 1. The highest BCUT2D eigenvalue weighted by atomic mass is 79.9. The van der Waals surface area contributed by atoms with Crippen molar-refractivity contribution in [3.63, 3.8) is 0 Å². The summed E-state index contributed by atoms with van der Waals surface area (Å²) in [4.78, 5) is 12.0. The average Bonchev–Trinajstić information content (AvgIpc) is 2.25. The van der Waals surface area contributed by atoms with Crippen LogP contribution < -0.4 is 5.73 Å². The molecule has 0 saturated carbocycles. The van der Waals surface area contributed by atoms with Gasteiger partial charge in [-0.3, -0.25) is 4.79 Å². The molecule has 0 heterocycles. The Balaban J connectivity index is 2.84. The largest absolute Gasteiger partial charge is 0.330 e. The highest BCUT2D eigenvalue weighted by molar-refractivity contribution is 9.10. The van der Waals surface area contributed by atoms with Crippen LogP contribution in [0.3, 0.4) is 0 Å². The lowest BCUT2D eigenvalue weighted by Crippen LogP contribution is -2.29. The van der Waals surface area contributed by atoms with E-state index < -0.39 is 0 Å². The number of benzene rings is 1. The van der Waals surface area contributed by atoms with Gasteiger partial charge in [0.2, 0.25) is 0 Å². The van der Waals surface area contributed by atoms with E-state index in [9.17, 15) is 9.18 Å². The molecule has 0 spiro atoms. The third kappa shape index (κ3) is 3.61. The van der Waals surface area contributed by atoms with Crippen molar-refractivity contribution in [3.05, 3.63) is 34.1 Å². The van der Waals surface area contributed by atoms with Gasteiger partial charge in [0.1, 0.15) is 11.6 Å². The fourth-order valence-corrected chi connectivity index (χ4v) is 2.18. The van der Waals surface area contributed by atoms with Gasteiger partial charge in [-0.05, 0) is 33.5 Å². The summed E-state index contributed by atoms with van der Waals surface area (Å²) < 4.78 is 13.7. The van der Waals surface area contributed by atoms with Crippen LogP contribution in [0.2, 0.25) is 0 Å². The number of rotatable bonds is 5. The highest BCUT2D eigenvalue weighted by Gasteiger charge is 2.21. The summed E-state index contributed by atoms with van der Waals surface area (Å²) in [5.74, 6) is -0.233. The Bertz CT molecular complexity index is 406. The van der Waals surface area contributed by atoms with Crippen LogP contribution in [-0.2, 0) is 11.2 Å². The number of carbonyl (C=O) groups excluding carboxylic acids is 1. The quantitative estimate of drug-likeness (QED) is 0.909. The summed E-state index contributed by atoms with van der Waals surface area (Å²) in [5, 5.41) is 0. The van der Waals surface area contributed by atoms with E-state index in [-0.39, 0.29) is 29.9 Å². The summed E-state index contributed by atoms with van der Waals surface area (Å²) >= 11 is 3.16. The first-order valence-corrected chi connectivity index (χ1v) is 6.42. The van der Waals surface area contributed by atoms with Crippen LogP contribution in [0.5, 0.6) is 0 Å². The lowest BCUT2D eigenvalue weighted by Gasteiger charge is -2.17. The third-order valence-corrected chi connectivity index (χ3v) is 3.76. The zero-order valence-corrected chi connectivity index (χ0v) is 11.6. The van der Waals surface area contributed by atoms with Crippen molar-refractivity contribution in [1.29, 1.82) is 0 Å². The van der Waals surface area contributed by atoms with Gasteiger partial charge in [0.05, 0.1) is 4.47 Å². The number of Topliss-reactive ketones (excluding diaryl/α,β-unsaturated/α-hetero) is 1. The molecule has 0 amide bonds. The summed E-state index contributed by atoms with van der Waals surface area (Å²) in [6, 6.07) is 4.72. The van der Waals surface area contributed by atoms with Gasteiger partial charge in [-0.1, -0.05) is 26.0 Å². The summed E-state index contributed by atoms with van der Waals surface area (Å²) in [6.45, 7) is 4.27. The van der Waals surface area contributed by atoms with Gasteiger partial charge in [0.25, 0.3) is 0 Å². The van der Waals surface area contributed by atoms with Crippen molar-refractivity contribution >= 4 is 21.7 Å². The van der Waals surface area contributed by atoms with Gasteiger partial charge in [-0.15, -0.1) is 0 Å². The molecule has 1 aromatic carbocycles. The second-order valence-electron chi connectivity index (χ2n) is 4.44. The Hall–Kier alpha value is -0.740. The van der Waals surface area contributed by atoms with Gasteiger partial charge in [-0.2, -0.15) is 0 Å². The van der Waals surface area contributed by atoms with Crippen molar-refractivity contribution in [1.82, 2.24) is 0 Å². The molecule has 1 unspecified atom stereocenters. The van der Waals surface area contributed by atoms with Crippen LogP contribution in [-0.4, -0.2) is 12.3 Å². The fraction of sp³-hybridized carbons (Fsp3) is 0.462. The Morgan fingerprint density at radius 3 is 2.65 bits per heavy atom. The molecule has 0 aliphatic heterocycles. The van der Waals surface area contributed by atoms with Crippen molar-refractivity contribution in [2.75, 3.05) is 6.54 Å². The molecule has 1 atom stereocenters. The van der Waals surface area contributed by atoms with Gasteiger partial charge >= 0.3 is 0 Å². The highest BCUT2D eigenvalue weighted by Crippen LogP contribution is 2.23. The van der Waals surface area contributed by atoms with Gasteiger partial charge < -0.3 is 5.73 Å². The predicted octanol–water partition coefficient (Wildman–Crippen LogP) is 2.93. The lowest BCUT2D eigenvalue weighted by atomic mass is 9.88. The first kappa shape index (κ1) is 14.3. The van der Waals surface area contributed by atoms with Crippen LogP contribution in [0.25, 0.3) is 0 Å². The number of ketones is 1. The van der Waals surface area contributed by atoms with Crippen LogP contribution in [0, 0.1) is 17.7 Å². The zero-order chi connectivity index (χ0) is 13.0. The van der Waals surface area contributed by atoms with E-state index in [0.717, 1.165) is 0 Å². The fourth-order valence-electron chi connectivity index (χ4n) is 1.78. The van der Waals surface area contributed by atoms with E-state index in [1.54, 1.807) is 12.1 Å². The normalized spacial score (nSPS) is 12.8. The molecule has 0 radical (unpaired) electrons. The Morgan fingerprint density at radius 2 is 2.12 bits per heavy atom. The zero-order valence-electron chi connectivity index (χ0n) is 10.0. The number of carbonyl (C=O) groups is 1. The summed E-state index contributed by atoms with van der Waals surface area (Å²) in [5.41, 5.74) is 6.26. The monoisotopic (exact) mass is 301 g/mol. The van der Waals surface area contributed by atoms with E-state index in [1.807, 2.05) is 13.8 Å². The average molecular weight is 302 g/mol. The van der Waals surface area contributed by atoms with Gasteiger partial charge in [-0.25, -0.2) is 4.39 Å². The number of hydrogen-bond acceptors (Lipinski definition) is 2. The van der Waals surface area contributed by atoms with Crippen molar-refractivity contribution in [2.24, 2.45) is 17.6 Å². The van der Waals surface area contributed by atoms with Crippen LogP contribution >= 0.6 is 15.9 Å². The molecule has 0 bridgehead atoms. The molecule has 0 fully saturated rings. The van der Waals surface area contributed by atoms with E-state index in [2.05, 4.69) is 15.9 Å². The SMILES string of the molecule is CC(C)C(CN)C(=O)Cc1cccc(F)c1Br. The predicted molar refractivity (Wildman–Crippen MR) is 70.2 cm³/mol. The molecule has 0 aliphatic carbocycles. The molecule has 4 heteroatoms. The molecule has 2 nitrogen and oxygen atoms in total. The number of halogens is 2. The second-order valence-corrected chi connectivity index (χ2v) is 5.24. The first-order chi connectivity index (χ1) is 7.97. The minimum atomic E-state index is -0.343. The van der Waals surface area contributed by atoms with Gasteiger partial charge in [0.15, 0.2) is 0 Å². The number of nitrogens with two attached hydrogens (primary N) is 1. The van der Waals surface area contributed by atoms with E-state index in [4.69, 9.17) is 5.73 Å². The minimum Gasteiger partial charge on any atom is -0.330 e. The molecule has 1 aromatic rings. The van der Waals surface area contributed by atoms with Crippen molar-refractivity contribution < 1.29 is 9.18 Å². The molecule has 1 rings (SSSR count). The third-order valence-electron chi connectivity index (χ3n) is 2.87. The second kappa shape index (κ2) is 6.26. The molecule has 17 heavy (non-hydrogen) atoms. The van der Waals surface area contributed by atoms with Crippen LogP contribution in [0.4, 0.5) is 4.39 Å². The smallest absolute Gasteiger partial charge is 0.141 e. The minimum absolute atomic E-state index is 0.0637. The summed E-state index contributed by atoms with van der Waals surface area (Å²) in [6.07, 6.45) is 0.221. The lowest BCUT2D eigenvalue weighted by molar-refractivity contribution is -0.123. The molecule has 0 aromatic heterocycles. The first-order valence-electron chi connectivity index (χ1n) is 5.63. The molecule has 2 N–H and O–H groups in total. The maximum absolute atomic E-state index is 13.3. The Kier molecular flexibility index (Phi) is 5.28. The van der Waals surface area contributed by atoms with E-state index >= 15 is 0 Å². The topological polar surface area (TPSA) is 43.1 Å². The molecular formula is C13H17BrFNO. The maximum Gasteiger partial charge on any atom is 0.141 e. The van der Waals surface area contributed by atoms with E-state index in [1.165, 1.54) is 6.07 Å². The molecule has 94 valence electrons. The Labute approximate surface area is 110 Å². The van der Waals surface area contributed by atoms with Crippen molar-refractivity contribution in [3.8, 4) is 0 Å². The standard InChI is InChI=1S/C13H17BrFNO/c1-8(2)10(7-16)12(17)6-9-4-3-5-11(15)13(9)14/h3-5,8,10H,6-7,16H2,1-2H3. The molecular weight excluding hydrogens is 285 g/mol. The van der Waals surface area contributed by atoms with Crippen LogP contribution in [0.1, 0.15) is 19.4 Å². The molecule has 0 saturated heterocycles. The summed E-state index contributed by atoms with van der Waals surface area (Å²) in [7, 11) is 0. The molecule has 0 aliphatic rings. The Morgan fingerprint density at radius 1 is 1.47 bits per heavy atom.